The number of carbonyl (C=O) groups excluding carboxylic acids is 1. The molecule has 31 heavy (non-hydrogen) atoms. The van der Waals surface area contributed by atoms with E-state index in [1.807, 2.05) is 13.0 Å². The molecule has 0 spiro atoms. The SMILES string of the molecule is Cc1ccc(NC(=O)Cc2ccc(F)cc2F)cc1N(c1ccncc1)c1nnco1. The molecule has 0 saturated carbocycles. The lowest BCUT2D eigenvalue weighted by Gasteiger charge is -2.23. The summed E-state index contributed by atoms with van der Waals surface area (Å²) in [4.78, 5) is 18.2. The van der Waals surface area contributed by atoms with Crippen LogP contribution in [0.1, 0.15) is 11.1 Å². The van der Waals surface area contributed by atoms with Gasteiger partial charge in [-0.15, -0.1) is 5.10 Å². The molecule has 0 aliphatic carbocycles. The van der Waals surface area contributed by atoms with Crippen molar-refractivity contribution in [2.75, 3.05) is 10.2 Å². The van der Waals surface area contributed by atoms with Crippen LogP contribution in [0.15, 0.2) is 71.7 Å². The van der Waals surface area contributed by atoms with Crippen LogP contribution in [0.3, 0.4) is 0 Å². The first-order chi connectivity index (χ1) is 15.0. The molecule has 1 N–H and O–H groups in total. The number of nitrogens with zero attached hydrogens (tertiary/aromatic N) is 4. The molecular weight excluding hydrogens is 404 g/mol. The predicted octanol–water partition coefficient (Wildman–Crippen LogP) is 4.70. The maximum absolute atomic E-state index is 13.9. The fourth-order valence-electron chi connectivity index (χ4n) is 3.08. The second-order valence-electron chi connectivity index (χ2n) is 6.72. The van der Waals surface area contributed by atoms with Crippen LogP contribution in [0.5, 0.6) is 0 Å². The number of anilines is 4. The molecule has 2 heterocycles. The van der Waals surface area contributed by atoms with Crippen LogP contribution in [0, 0.1) is 18.6 Å². The minimum absolute atomic E-state index is 0.107. The van der Waals surface area contributed by atoms with Crippen LogP contribution in [-0.2, 0) is 11.2 Å². The van der Waals surface area contributed by atoms with Crippen molar-refractivity contribution < 1.29 is 18.0 Å². The monoisotopic (exact) mass is 421 g/mol. The van der Waals surface area contributed by atoms with Crippen molar-refractivity contribution in [2.45, 2.75) is 13.3 Å². The Balaban J connectivity index is 1.62. The van der Waals surface area contributed by atoms with Gasteiger partial charge in [0, 0.05) is 24.1 Å². The number of hydrogen-bond donors (Lipinski definition) is 1. The van der Waals surface area contributed by atoms with Gasteiger partial charge in [0.25, 0.3) is 0 Å². The number of pyridine rings is 1. The molecule has 0 radical (unpaired) electrons. The van der Waals surface area contributed by atoms with E-state index in [-0.39, 0.29) is 18.0 Å². The standard InChI is InChI=1S/C22H17F2N5O2/c1-14-2-5-17(27-21(30)10-15-3-4-16(23)11-19(15)24)12-20(14)29(22-28-26-13-31-22)18-6-8-25-9-7-18/h2-9,11-13H,10H2,1H3,(H,27,30). The number of rotatable bonds is 6. The number of halogens is 2. The molecule has 9 heteroatoms. The van der Waals surface area contributed by atoms with Gasteiger partial charge >= 0.3 is 6.01 Å². The predicted molar refractivity (Wildman–Crippen MR) is 110 cm³/mol. The molecule has 4 aromatic rings. The lowest BCUT2D eigenvalue weighted by Crippen LogP contribution is -2.16. The molecule has 0 unspecified atom stereocenters. The van der Waals surface area contributed by atoms with E-state index in [1.54, 1.807) is 41.6 Å². The van der Waals surface area contributed by atoms with Gasteiger partial charge in [-0.05, 0) is 48.4 Å². The highest BCUT2D eigenvalue weighted by atomic mass is 19.1. The van der Waals surface area contributed by atoms with E-state index >= 15 is 0 Å². The van der Waals surface area contributed by atoms with Gasteiger partial charge in [0.15, 0.2) is 0 Å². The van der Waals surface area contributed by atoms with Crippen LogP contribution in [0.25, 0.3) is 0 Å². The minimum atomic E-state index is -0.764. The van der Waals surface area contributed by atoms with Gasteiger partial charge in [-0.25, -0.2) is 8.78 Å². The Kier molecular flexibility index (Phi) is 5.65. The summed E-state index contributed by atoms with van der Waals surface area (Å²) in [6.45, 7) is 1.90. The topological polar surface area (TPSA) is 84.2 Å². The average molecular weight is 421 g/mol. The molecule has 156 valence electrons. The van der Waals surface area contributed by atoms with E-state index in [1.165, 1.54) is 12.5 Å². The molecule has 0 atom stereocenters. The summed E-state index contributed by atoms with van der Waals surface area (Å²) in [6, 6.07) is 12.2. The van der Waals surface area contributed by atoms with Crippen LogP contribution >= 0.6 is 0 Å². The summed E-state index contributed by atoms with van der Waals surface area (Å²) in [6.07, 6.45) is 4.27. The molecule has 1 amide bonds. The number of carbonyl (C=O) groups is 1. The third-order valence-electron chi connectivity index (χ3n) is 4.56. The molecule has 4 rings (SSSR count). The molecule has 2 aromatic heterocycles. The Bertz CT molecular complexity index is 1200. The van der Waals surface area contributed by atoms with Crippen molar-refractivity contribution in [3.8, 4) is 0 Å². The van der Waals surface area contributed by atoms with Gasteiger partial charge in [0.2, 0.25) is 12.3 Å². The van der Waals surface area contributed by atoms with Crippen molar-refractivity contribution in [2.24, 2.45) is 0 Å². The summed E-state index contributed by atoms with van der Waals surface area (Å²) in [5, 5.41) is 10.5. The molecule has 0 saturated heterocycles. The Labute approximate surface area is 176 Å². The smallest absolute Gasteiger partial charge is 0.327 e. The molecule has 0 aliphatic heterocycles. The Hall–Kier alpha value is -4.14. The van der Waals surface area contributed by atoms with Crippen molar-refractivity contribution >= 4 is 29.0 Å². The van der Waals surface area contributed by atoms with Gasteiger partial charge in [-0.3, -0.25) is 14.7 Å². The summed E-state index contributed by atoms with van der Waals surface area (Å²) in [5.41, 5.74) is 2.92. The van der Waals surface area contributed by atoms with Crippen LogP contribution in [0.4, 0.5) is 31.9 Å². The quantitative estimate of drug-likeness (QED) is 0.486. The van der Waals surface area contributed by atoms with Crippen molar-refractivity contribution in [1.29, 1.82) is 0 Å². The largest absolute Gasteiger partial charge is 0.410 e. The van der Waals surface area contributed by atoms with Gasteiger partial charge in [-0.1, -0.05) is 17.2 Å². The number of aromatic nitrogens is 3. The lowest BCUT2D eigenvalue weighted by molar-refractivity contribution is -0.115. The van der Waals surface area contributed by atoms with Crippen LogP contribution < -0.4 is 10.2 Å². The summed E-state index contributed by atoms with van der Waals surface area (Å²) in [7, 11) is 0. The van der Waals surface area contributed by atoms with Gasteiger partial charge in [0.05, 0.1) is 17.8 Å². The van der Waals surface area contributed by atoms with Crippen molar-refractivity contribution in [1.82, 2.24) is 15.2 Å². The lowest BCUT2D eigenvalue weighted by atomic mass is 10.1. The molecule has 2 aromatic carbocycles. The maximum Gasteiger partial charge on any atom is 0.327 e. The molecular formula is C22H17F2N5O2. The molecule has 7 nitrogen and oxygen atoms in total. The molecule has 0 bridgehead atoms. The van der Waals surface area contributed by atoms with Crippen LogP contribution in [-0.4, -0.2) is 21.1 Å². The minimum Gasteiger partial charge on any atom is -0.410 e. The van der Waals surface area contributed by atoms with E-state index in [2.05, 4.69) is 20.5 Å². The normalized spacial score (nSPS) is 10.7. The summed E-state index contributed by atoms with van der Waals surface area (Å²) >= 11 is 0. The highest BCUT2D eigenvalue weighted by molar-refractivity contribution is 5.93. The van der Waals surface area contributed by atoms with E-state index in [9.17, 15) is 13.6 Å². The van der Waals surface area contributed by atoms with Crippen LogP contribution in [0.2, 0.25) is 0 Å². The van der Waals surface area contributed by atoms with E-state index in [0.717, 1.165) is 23.4 Å². The van der Waals surface area contributed by atoms with Gasteiger partial charge in [-0.2, -0.15) is 0 Å². The van der Waals surface area contributed by atoms with E-state index in [0.29, 0.717) is 11.4 Å². The zero-order chi connectivity index (χ0) is 21.8. The van der Waals surface area contributed by atoms with E-state index < -0.39 is 17.5 Å². The zero-order valence-corrected chi connectivity index (χ0v) is 16.4. The highest BCUT2D eigenvalue weighted by Gasteiger charge is 2.20. The fraction of sp³-hybridized carbons (Fsp3) is 0.0909. The summed E-state index contributed by atoms with van der Waals surface area (Å²) < 4.78 is 32.3. The van der Waals surface area contributed by atoms with Gasteiger partial charge < -0.3 is 9.73 Å². The molecule has 0 aliphatic rings. The third kappa shape index (κ3) is 4.55. The number of benzene rings is 2. The molecule has 0 fully saturated rings. The second kappa shape index (κ2) is 8.70. The van der Waals surface area contributed by atoms with Gasteiger partial charge in [0.1, 0.15) is 11.6 Å². The Morgan fingerprint density at radius 3 is 2.61 bits per heavy atom. The number of amides is 1. The van der Waals surface area contributed by atoms with E-state index in [4.69, 9.17) is 4.42 Å². The number of aryl methyl sites for hydroxylation is 1. The van der Waals surface area contributed by atoms with Crippen molar-refractivity contribution in [3.05, 3.63) is 90.1 Å². The third-order valence-corrected chi connectivity index (χ3v) is 4.56. The summed E-state index contributed by atoms with van der Waals surface area (Å²) in [5.74, 6) is -1.89. The Morgan fingerprint density at radius 2 is 1.90 bits per heavy atom. The first kappa shape index (κ1) is 20.1. The fourth-order valence-corrected chi connectivity index (χ4v) is 3.08. The van der Waals surface area contributed by atoms with Crippen molar-refractivity contribution in [3.63, 3.8) is 0 Å². The second-order valence-corrected chi connectivity index (χ2v) is 6.72. The maximum atomic E-state index is 13.9. The average Bonchev–Trinajstić information content (AvgIpc) is 3.28. The first-order valence-corrected chi connectivity index (χ1v) is 9.32. The Morgan fingerprint density at radius 1 is 1.10 bits per heavy atom. The first-order valence-electron chi connectivity index (χ1n) is 9.32. The zero-order valence-electron chi connectivity index (χ0n) is 16.4. The number of hydrogen-bond acceptors (Lipinski definition) is 6. The number of nitrogens with one attached hydrogen (secondary N) is 1. The highest BCUT2D eigenvalue weighted by Crippen LogP contribution is 2.36.